The van der Waals surface area contributed by atoms with Crippen molar-refractivity contribution in [2.24, 2.45) is 0 Å². The van der Waals surface area contributed by atoms with Crippen molar-refractivity contribution in [3.63, 3.8) is 0 Å². The number of methoxy groups -OCH3 is 3. The first-order valence-electron chi connectivity index (χ1n) is 6.90. The standard InChI is InChI=1S/C17H19NO5/c1-20-15-9-17(22-3)16(21-2)8-13(15)14(19)10-23-12-6-4-11(18)5-7-12/h4-9H,10,18H2,1-3H3. The van der Waals surface area contributed by atoms with E-state index in [-0.39, 0.29) is 12.4 Å². The highest BCUT2D eigenvalue weighted by molar-refractivity contribution is 6.00. The summed E-state index contributed by atoms with van der Waals surface area (Å²) in [5.41, 5.74) is 6.60. The molecule has 23 heavy (non-hydrogen) atoms. The Morgan fingerprint density at radius 1 is 0.913 bits per heavy atom. The maximum Gasteiger partial charge on any atom is 0.204 e. The van der Waals surface area contributed by atoms with Crippen molar-refractivity contribution < 1.29 is 23.7 Å². The Labute approximate surface area is 134 Å². The van der Waals surface area contributed by atoms with Crippen molar-refractivity contribution in [1.82, 2.24) is 0 Å². The molecule has 0 heterocycles. The van der Waals surface area contributed by atoms with E-state index in [0.717, 1.165) is 0 Å². The van der Waals surface area contributed by atoms with Crippen LogP contribution in [0.25, 0.3) is 0 Å². The molecule has 0 aliphatic carbocycles. The van der Waals surface area contributed by atoms with Crippen LogP contribution in [0.15, 0.2) is 36.4 Å². The molecule has 122 valence electrons. The Hall–Kier alpha value is -2.89. The average Bonchev–Trinajstić information content (AvgIpc) is 2.59. The van der Waals surface area contributed by atoms with Gasteiger partial charge in [0, 0.05) is 11.8 Å². The lowest BCUT2D eigenvalue weighted by Crippen LogP contribution is -2.13. The Morgan fingerprint density at radius 2 is 1.48 bits per heavy atom. The van der Waals surface area contributed by atoms with E-state index in [1.165, 1.54) is 21.3 Å². The lowest BCUT2D eigenvalue weighted by atomic mass is 10.1. The fraction of sp³-hybridized carbons (Fsp3) is 0.235. The Kier molecular flexibility index (Phi) is 5.30. The number of benzene rings is 2. The van der Waals surface area contributed by atoms with Crippen LogP contribution < -0.4 is 24.7 Å². The van der Waals surface area contributed by atoms with Crippen LogP contribution in [-0.4, -0.2) is 33.7 Å². The Morgan fingerprint density at radius 3 is 2.04 bits per heavy atom. The number of ketones is 1. The molecule has 0 fully saturated rings. The van der Waals surface area contributed by atoms with Crippen molar-refractivity contribution >= 4 is 11.5 Å². The van der Waals surface area contributed by atoms with Crippen LogP contribution in [-0.2, 0) is 0 Å². The fourth-order valence-electron chi connectivity index (χ4n) is 2.04. The van der Waals surface area contributed by atoms with Gasteiger partial charge in [-0.05, 0) is 30.3 Å². The van der Waals surface area contributed by atoms with Crippen LogP contribution >= 0.6 is 0 Å². The highest BCUT2D eigenvalue weighted by atomic mass is 16.5. The SMILES string of the molecule is COc1cc(OC)c(C(=O)COc2ccc(N)cc2)cc1OC. The number of carbonyl (C=O) groups is 1. The molecule has 2 N–H and O–H groups in total. The van der Waals surface area contributed by atoms with Gasteiger partial charge in [0.05, 0.1) is 26.9 Å². The van der Waals surface area contributed by atoms with Gasteiger partial charge in [0.1, 0.15) is 11.5 Å². The number of hydrogen-bond donors (Lipinski definition) is 1. The van der Waals surface area contributed by atoms with Crippen LogP contribution in [0.4, 0.5) is 5.69 Å². The molecular weight excluding hydrogens is 298 g/mol. The van der Waals surface area contributed by atoms with E-state index in [1.54, 1.807) is 36.4 Å². The van der Waals surface area contributed by atoms with E-state index in [4.69, 9.17) is 24.7 Å². The first-order chi connectivity index (χ1) is 11.1. The van der Waals surface area contributed by atoms with E-state index < -0.39 is 0 Å². The average molecular weight is 317 g/mol. The van der Waals surface area contributed by atoms with Gasteiger partial charge in [0.25, 0.3) is 0 Å². The Bertz CT molecular complexity index is 682. The molecule has 0 saturated heterocycles. The number of Topliss-reactive ketones (excluding diaryl/α,β-unsaturated/α-hetero) is 1. The van der Waals surface area contributed by atoms with Gasteiger partial charge < -0.3 is 24.7 Å². The molecular formula is C17H19NO5. The molecule has 0 aromatic heterocycles. The monoisotopic (exact) mass is 317 g/mol. The second-order valence-electron chi connectivity index (χ2n) is 4.69. The number of nitrogens with two attached hydrogens (primary N) is 1. The third kappa shape index (κ3) is 3.85. The third-order valence-electron chi connectivity index (χ3n) is 3.26. The molecule has 0 bridgehead atoms. The maximum absolute atomic E-state index is 12.4. The molecule has 2 aromatic carbocycles. The predicted molar refractivity (Wildman–Crippen MR) is 86.8 cm³/mol. The van der Waals surface area contributed by atoms with Gasteiger partial charge in [-0.1, -0.05) is 0 Å². The summed E-state index contributed by atoms with van der Waals surface area (Å²) in [6.45, 7) is -0.129. The molecule has 0 amide bonds. The molecule has 0 spiro atoms. The second kappa shape index (κ2) is 7.40. The summed E-state index contributed by atoms with van der Waals surface area (Å²) in [6.07, 6.45) is 0. The highest BCUT2D eigenvalue weighted by Gasteiger charge is 2.18. The summed E-state index contributed by atoms with van der Waals surface area (Å²) in [7, 11) is 4.51. The van der Waals surface area contributed by atoms with Gasteiger partial charge in [-0.3, -0.25) is 4.79 Å². The van der Waals surface area contributed by atoms with Crippen LogP contribution in [0.5, 0.6) is 23.0 Å². The lowest BCUT2D eigenvalue weighted by Gasteiger charge is -2.13. The quantitative estimate of drug-likeness (QED) is 0.624. The molecule has 6 heteroatoms. The van der Waals surface area contributed by atoms with Crippen LogP contribution in [0.2, 0.25) is 0 Å². The fourth-order valence-corrected chi connectivity index (χ4v) is 2.04. The number of rotatable bonds is 7. The predicted octanol–water partition coefficient (Wildman–Crippen LogP) is 2.56. The van der Waals surface area contributed by atoms with Gasteiger partial charge in [-0.15, -0.1) is 0 Å². The van der Waals surface area contributed by atoms with Crippen LogP contribution in [0.3, 0.4) is 0 Å². The number of nitrogen functional groups attached to an aromatic ring is 1. The second-order valence-corrected chi connectivity index (χ2v) is 4.69. The minimum absolute atomic E-state index is 0.129. The normalized spacial score (nSPS) is 10.0. The summed E-state index contributed by atoms with van der Waals surface area (Å²) >= 11 is 0. The van der Waals surface area contributed by atoms with E-state index in [0.29, 0.717) is 34.2 Å². The molecule has 2 rings (SSSR count). The van der Waals surface area contributed by atoms with Crippen molar-refractivity contribution in [2.75, 3.05) is 33.7 Å². The van der Waals surface area contributed by atoms with Gasteiger partial charge in [0.2, 0.25) is 5.78 Å². The topological polar surface area (TPSA) is 80.0 Å². The number of carbonyl (C=O) groups excluding carboxylic acids is 1. The van der Waals surface area contributed by atoms with E-state index in [2.05, 4.69) is 0 Å². The molecule has 0 aliphatic heterocycles. The van der Waals surface area contributed by atoms with Crippen LogP contribution in [0, 0.1) is 0 Å². The van der Waals surface area contributed by atoms with Crippen molar-refractivity contribution in [1.29, 1.82) is 0 Å². The summed E-state index contributed by atoms with van der Waals surface area (Å²) in [5, 5.41) is 0. The first-order valence-corrected chi connectivity index (χ1v) is 6.90. The maximum atomic E-state index is 12.4. The first kappa shape index (κ1) is 16.5. The Balaban J connectivity index is 2.19. The van der Waals surface area contributed by atoms with Crippen LogP contribution in [0.1, 0.15) is 10.4 Å². The molecule has 2 aromatic rings. The van der Waals surface area contributed by atoms with E-state index in [1.807, 2.05) is 0 Å². The van der Waals surface area contributed by atoms with Gasteiger partial charge >= 0.3 is 0 Å². The number of ether oxygens (including phenoxy) is 4. The zero-order chi connectivity index (χ0) is 16.8. The minimum Gasteiger partial charge on any atom is -0.496 e. The summed E-state index contributed by atoms with van der Waals surface area (Å²) < 4.78 is 21.1. The van der Waals surface area contributed by atoms with Gasteiger partial charge in [-0.25, -0.2) is 0 Å². The molecule has 0 radical (unpaired) electrons. The zero-order valence-corrected chi connectivity index (χ0v) is 13.3. The van der Waals surface area contributed by atoms with E-state index >= 15 is 0 Å². The largest absolute Gasteiger partial charge is 0.496 e. The lowest BCUT2D eigenvalue weighted by molar-refractivity contribution is 0.0918. The molecule has 6 nitrogen and oxygen atoms in total. The molecule has 0 aliphatic rings. The van der Waals surface area contributed by atoms with E-state index in [9.17, 15) is 4.79 Å². The van der Waals surface area contributed by atoms with Gasteiger partial charge in [0.15, 0.2) is 18.1 Å². The summed E-state index contributed by atoms with van der Waals surface area (Å²) in [4.78, 5) is 12.4. The van der Waals surface area contributed by atoms with Crippen molar-refractivity contribution in [3.05, 3.63) is 42.0 Å². The van der Waals surface area contributed by atoms with Crippen molar-refractivity contribution in [2.45, 2.75) is 0 Å². The number of hydrogen-bond acceptors (Lipinski definition) is 6. The summed E-state index contributed by atoms with van der Waals surface area (Å²) in [6, 6.07) is 10.00. The number of anilines is 1. The highest BCUT2D eigenvalue weighted by Crippen LogP contribution is 2.34. The third-order valence-corrected chi connectivity index (χ3v) is 3.26. The minimum atomic E-state index is -0.236. The summed E-state index contributed by atoms with van der Waals surface area (Å²) in [5.74, 6) is 1.66. The zero-order valence-electron chi connectivity index (χ0n) is 13.3. The molecule has 0 saturated carbocycles. The smallest absolute Gasteiger partial charge is 0.204 e. The molecule has 0 atom stereocenters. The molecule has 0 unspecified atom stereocenters. The van der Waals surface area contributed by atoms with Crippen molar-refractivity contribution in [3.8, 4) is 23.0 Å². The van der Waals surface area contributed by atoms with Gasteiger partial charge in [-0.2, -0.15) is 0 Å².